The third-order valence-corrected chi connectivity index (χ3v) is 3.88. The van der Waals surface area contributed by atoms with E-state index in [0.29, 0.717) is 25.8 Å². The molecule has 0 aromatic carbocycles. The van der Waals surface area contributed by atoms with E-state index in [1.165, 1.54) is 17.2 Å². The number of rotatable bonds is 5. The molecule has 9 nitrogen and oxygen atoms in total. The zero-order chi connectivity index (χ0) is 15.6. The molecule has 2 heterocycles. The Balaban J connectivity index is 2.15. The number of carboxylic acids is 1. The zero-order valence-corrected chi connectivity index (χ0v) is 11.6. The molecule has 1 aromatic rings. The molecule has 1 aliphatic heterocycles. The van der Waals surface area contributed by atoms with Crippen LogP contribution in [0.5, 0.6) is 0 Å². The number of carbonyl (C=O) groups excluding carboxylic acids is 1. The van der Waals surface area contributed by atoms with Crippen LogP contribution < -0.4 is 0 Å². The van der Waals surface area contributed by atoms with E-state index in [1.807, 2.05) is 0 Å². The van der Waals surface area contributed by atoms with Gasteiger partial charge in [-0.2, -0.15) is 4.68 Å². The van der Waals surface area contributed by atoms with Crippen LogP contribution >= 0.6 is 0 Å². The molecule has 1 saturated heterocycles. The van der Waals surface area contributed by atoms with E-state index < -0.39 is 22.3 Å². The lowest BCUT2D eigenvalue weighted by molar-refractivity contribution is -0.389. The van der Waals surface area contributed by atoms with Gasteiger partial charge in [-0.15, -0.1) is 0 Å². The summed E-state index contributed by atoms with van der Waals surface area (Å²) in [5.74, 6) is -1.75. The maximum Gasteiger partial charge on any atom is 0.389 e. The minimum atomic E-state index is -1.17. The summed E-state index contributed by atoms with van der Waals surface area (Å²) in [5.41, 5.74) is -1.17. The largest absolute Gasteiger partial charge is 0.479 e. The number of amides is 1. The van der Waals surface area contributed by atoms with Crippen molar-refractivity contribution in [3.05, 3.63) is 22.4 Å². The Labute approximate surface area is 120 Å². The maximum atomic E-state index is 12.3. The normalized spacial score (nSPS) is 21.5. The number of nitro groups is 1. The van der Waals surface area contributed by atoms with Crippen LogP contribution in [0.25, 0.3) is 0 Å². The predicted octanol–water partition coefficient (Wildman–Crippen LogP) is 0.647. The van der Waals surface area contributed by atoms with Gasteiger partial charge in [0.1, 0.15) is 12.1 Å². The summed E-state index contributed by atoms with van der Waals surface area (Å²) in [5, 5.41) is 23.6. The molecular weight excluding hydrogens is 280 g/mol. The van der Waals surface area contributed by atoms with Crippen molar-refractivity contribution in [2.75, 3.05) is 6.54 Å². The number of carboxylic acid groups (broad SMARTS) is 1. The number of hydrogen-bond donors (Lipinski definition) is 1. The molecule has 0 spiro atoms. The molecule has 114 valence electrons. The molecule has 0 aliphatic carbocycles. The van der Waals surface area contributed by atoms with Gasteiger partial charge in [0.2, 0.25) is 5.91 Å². The fraction of sp³-hybridized carbons (Fsp3) is 0.583. The molecule has 0 bridgehead atoms. The van der Waals surface area contributed by atoms with Crippen molar-refractivity contribution in [3.63, 3.8) is 0 Å². The quantitative estimate of drug-likeness (QED) is 0.629. The first-order valence-electron chi connectivity index (χ1n) is 6.62. The van der Waals surface area contributed by atoms with Crippen LogP contribution in [-0.2, 0) is 16.1 Å². The van der Waals surface area contributed by atoms with E-state index in [4.69, 9.17) is 0 Å². The second kappa shape index (κ2) is 5.51. The molecule has 9 heteroatoms. The number of likely N-dealkylation sites (tertiary alicyclic amines) is 1. The van der Waals surface area contributed by atoms with Gasteiger partial charge in [0, 0.05) is 6.54 Å². The summed E-state index contributed by atoms with van der Waals surface area (Å²) >= 11 is 0. The Morgan fingerprint density at radius 3 is 2.81 bits per heavy atom. The summed E-state index contributed by atoms with van der Waals surface area (Å²) in [4.78, 5) is 35.1. The van der Waals surface area contributed by atoms with Crippen molar-refractivity contribution >= 4 is 17.7 Å². The third-order valence-electron chi connectivity index (χ3n) is 3.88. The molecule has 1 aromatic heterocycles. The Hall–Kier alpha value is -2.45. The molecule has 1 amide bonds. The maximum absolute atomic E-state index is 12.3. The molecule has 1 fully saturated rings. The van der Waals surface area contributed by atoms with Crippen molar-refractivity contribution in [2.24, 2.45) is 0 Å². The average molecular weight is 296 g/mol. The highest BCUT2D eigenvalue weighted by Gasteiger charge is 2.48. The standard InChI is InChI=1S/C12H16N4O5/c1-2-12(11(18)19)5-3-6-15(12)10(17)8-14-7-4-9(13-14)16(20)21/h4,7H,2-3,5-6,8H2,1H3,(H,18,19). The molecule has 1 N–H and O–H groups in total. The summed E-state index contributed by atoms with van der Waals surface area (Å²) in [7, 11) is 0. The lowest BCUT2D eigenvalue weighted by atomic mass is 9.93. The van der Waals surface area contributed by atoms with Crippen molar-refractivity contribution in [2.45, 2.75) is 38.3 Å². The second-order valence-corrected chi connectivity index (χ2v) is 4.97. The van der Waals surface area contributed by atoms with Gasteiger partial charge >= 0.3 is 11.8 Å². The first kappa shape index (κ1) is 14.9. The van der Waals surface area contributed by atoms with Gasteiger partial charge in [0.05, 0.1) is 17.4 Å². The number of aromatic nitrogens is 2. The number of aliphatic carboxylic acids is 1. The first-order chi connectivity index (χ1) is 9.90. The molecule has 2 rings (SSSR count). The highest BCUT2D eigenvalue weighted by Crippen LogP contribution is 2.33. The fourth-order valence-corrected chi connectivity index (χ4v) is 2.74. The minimum absolute atomic E-state index is 0.205. The van der Waals surface area contributed by atoms with Crippen LogP contribution in [0.2, 0.25) is 0 Å². The molecular formula is C12H16N4O5. The van der Waals surface area contributed by atoms with E-state index in [0.717, 1.165) is 4.68 Å². The molecule has 21 heavy (non-hydrogen) atoms. The van der Waals surface area contributed by atoms with Crippen LogP contribution in [0.4, 0.5) is 5.82 Å². The minimum Gasteiger partial charge on any atom is -0.479 e. The van der Waals surface area contributed by atoms with Gasteiger partial charge in [-0.3, -0.25) is 4.79 Å². The SMILES string of the molecule is CCC1(C(=O)O)CCCN1C(=O)Cn1ccc([N+](=O)[O-])n1. The van der Waals surface area contributed by atoms with Gasteiger partial charge in [-0.25, -0.2) is 4.79 Å². The molecule has 0 saturated carbocycles. The average Bonchev–Trinajstić information content (AvgIpc) is 3.04. The summed E-state index contributed by atoms with van der Waals surface area (Å²) in [6.07, 6.45) is 2.71. The number of carbonyl (C=O) groups is 2. The summed E-state index contributed by atoms with van der Waals surface area (Å²) in [6, 6.07) is 1.20. The van der Waals surface area contributed by atoms with Gasteiger partial charge in [0.15, 0.2) is 0 Å². The molecule has 1 unspecified atom stereocenters. The summed E-state index contributed by atoms with van der Waals surface area (Å²) in [6.45, 7) is 1.91. The Morgan fingerprint density at radius 2 is 2.29 bits per heavy atom. The van der Waals surface area contributed by atoms with Crippen LogP contribution in [0, 0.1) is 10.1 Å². The van der Waals surface area contributed by atoms with Crippen LogP contribution in [-0.4, -0.2) is 48.7 Å². The topological polar surface area (TPSA) is 119 Å². The fourth-order valence-electron chi connectivity index (χ4n) is 2.74. The number of nitrogens with zero attached hydrogens (tertiary/aromatic N) is 4. The van der Waals surface area contributed by atoms with Crippen LogP contribution in [0.3, 0.4) is 0 Å². The van der Waals surface area contributed by atoms with Crippen molar-refractivity contribution < 1.29 is 19.6 Å². The van der Waals surface area contributed by atoms with E-state index in [1.54, 1.807) is 6.92 Å². The van der Waals surface area contributed by atoms with Crippen LogP contribution in [0.15, 0.2) is 12.3 Å². The molecule has 1 atom stereocenters. The number of hydrogen-bond acceptors (Lipinski definition) is 5. The molecule has 1 aliphatic rings. The smallest absolute Gasteiger partial charge is 0.389 e. The van der Waals surface area contributed by atoms with E-state index in [2.05, 4.69) is 5.10 Å². The highest BCUT2D eigenvalue weighted by molar-refractivity contribution is 5.87. The summed E-state index contributed by atoms with van der Waals surface area (Å²) < 4.78 is 1.15. The van der Waals surface area contributed by atoms with E-state index in [9.17, 15) is 24.8 Å². The Kier molecular flexibility index (Phi) is 3.92. The van der Waals surface area contributed by atoms with Crippen molar-refractivity contribution in [1.29, 1.82) is 0 Å². The van der Waals surface area contributed by atoms with E-state index in [-0.39, 0.29) is 12.4 Å². The lowest BCUT2D eigenvalue weighted by Crippen LogP contribution is -2.53. The molecule has 0 radical (unpaired) electrons. The lowest BCUT2D eigenvalue weighted by Gasteiger charge is -2.33. The van der Waals surface area contributed by atoms with E-state index >= 15 is 0 Å². The van der Waals surface area contributed by atoms with Gasteiger partial charge in [0.25, 0.3) is 0 Å². The Morgan fingerprint density at radius 1 is 1.57 bits per heavy atom. The van der Waals surface area contributed by atoms with Crippen LogP contribution in [0.1, 0.15) is 26.2 Å². The van der Waals surface area contributed by atoms with Crippen molar-refractivity contribution in [3.8, 4) is 0 Å². The van der Waals surface area contributed by atoms with Crippen molar-refractivity contribution in [1.82, 2.24) is 14.7 Å². The van der Waals surface area contributed by atoms with Gasteiger partial charge < -0.3 is 20.1 Å². The highest BCUT2D eigenvalue weighted by atomic mass is 16.6. The van der Waals surface area contributed by atoms with Gasteiger partial charge in [-0.1, -0.05) is 6.92 Å². The second-order valence-electron chi connectivity index (χ2n) is 4.97. The monoisotopic (exact) mass is 296 g/mol. The van der Waals surface area contributed by atoms with Gasteiger partial charge in [-0.05, 0) is 24.2 Å². The predicted molar refractivity (Wildman–Crippen MR) is 70.5 cm³/mol. The third kappa shape index (κ3) is 2.58. The zero-order valence-electron chi connectivity index (χ0n) is 11.6. The Bertz CT molecular complexity index is 584. The first-order valence-corrected chi connectivity index (χ1v) is 6.62.